The van der Waals surface area contributed by atoms with Crippen molar-refractivity contribution in [3.63, 3.8) is 0 Å². The quantitative estimate of drug-likeness (QED) is 0.930. The Labute approximate surface area is 134 Å². The van der Waals surface area contributed by atoms with Crippen molar-refractivity contribution in [1.82, 2.24) is 4.57 Å². The zero-order valence-electron chi connectivity index (χ0n) is 13.3. The zero-order valence-corrected chi connectivity index (χ0v) is 13.3. The lowest BCUT2D eigenvalue weighted by Gasteiger charge is -2.19. The highest BCUT2D eigenvalue weighted by Gasteiger charge is 2.17. The number of hydrogen-bond acceptors (Lipinski definition) is 4. The summed E-state index contributed by atoms with van der Waals surface area (Å²) in [4.78, 5) is 22.5. The molecule has 2 aromatic rings. The summed E-state index contributed by atoms with van der Waals surface area (Å²) in [7, 11) is 0. The Morgan fingerprint density at radius 1 is 1.09 bits per heavy atom. The zero-order chi connectivity index (χ0) is 17.0. The van der Waals surface area contributed by atoms with Crippen molar-refractivity contribution in [3.05, 3.63) is 48.3 Å². The highest BCUT2D eigenvalue weighted by molar-refractivity contribution is 5.71. The second-order valence-corrected chi connectivity index (χ2v) is 6.05. The minimum atomic E-state index is -0.881. The highest BCUT2D eigenvalue weighted by Crippen LogP contribution is 2.22. The molecule has 0 bridgehead atoms. The van der Waals surface area contributed by atoms with Gasteiger partial charge in [-0.3, -0.25) is 9.36 Å². The van der Waals surface area contributed by atoms with Gasteiger partial charge in [0.2, 0.25) is 0 Å². The van der Waals surface area contributed by atoms with Crippen LogP contribution in [-0.2, 0) is 16.0 Å². The minimum Gasteiger partial charge on any atom is -0.481 e. The van der Waals surface area contributed by atoms with E-state index in [2.05, 4.69) is 0 Å². The Morgan fingerprint density at radius 2 is 1.74 bits per heavy atom. The Hall–Kier alpha value is -2.76. The molecular formula is C17H19NO5. The largest absolute Gasteiger partial charge is 0.481 e. The number of aliphatic carboxylic acids is 1. The summed E-state index contributed by atoms with van der Waals surface area (Å²) in [5.41, 5.74) is 0.124. The molecular weight excluding hydrogens is 298 g/mol. The topological polar surface area (TPSA) is 77.8 Å². The number of nitrogens with zero attached hydrogens (tertiary/aromatic N) is 1. The first-order valence-corrected chi connectivity index (χ1v) is 7.13. The normalized spacial score (nSPS) is 11.1. The first-order valence-electron chi connectivity index (χ1n) is 7.13. The van der Waals surface area contributed by atoms with Crippen LogP contribution in [0.15, 0.2) is 42.7 Å². The molecule has 0 aliphatic heterocycles. The first-order chi connectivity index (χ1) is 10.7. The summed E-state index contributed by atoms with van der Waals surface area (Å²) < 4.78 is 12.2. The van der Waals surface area contributed by atoms with Gasteiger partial charge in [0.15, 0.2) is 0 Å². The van der Waals surface area contributed by atoms with E-state index >= 15 is 0 Å². The van der Waals surface area contributed by atoms with Crippen LogP contribution in [0.5, 0.6) is 11.5 Å². The van der Waals surface area contributed by atoms with Gasteiger partial charge in [-0.05, 0) is 44.5 Å². The maximum Gasteiger partial charge on any atom is 0.418 e. The van der Waals surface area contributed by atoms with E-state index in [9.17, 15) is 9.59 Å². The van der Waals surface area contributed by atoms with Crippen molar-refractivity contribution in [2.75, 3.05) is 0 Å². The van der Waals surface area contributed by atoms with Crippen LogP contribution in [-0.4, -0.2) is 27.3 Å². The number of hydrogen-bond donors (Lipinski definition) is 1. The molecule has 6 nitrogen and oxygen atoms in total. The van der Waals surface area contributed by atoms with Crippen LogP contribution < -0.4 is 4.74 Å². The van der Waals surface area contributed by atoms with Gasteiger partial charge in [-0.2, -0.15) is 0 Å². The lowest BCUT2D eigenvalue weighted by atomic mass is 10.1. The van der Waals surface area contributed by atoms with Crippen LogP contribution in [0, 0.1) is 0 Å². The lowest BCUT2D eigenvalue weighted by molar-refractivity contribution is -0.136. The summed E-state index contributed by atoms with van der Waals surface area (Å²) in [6.45, 7) is 5.39. The molecule has 0 aliphatic rings. The summed E-state index contributed by atoms with van der Waals surface area (Å²) in [5, 5.41) is 8.73. The van der Waals surface area contributed by atoms with Crippen LogP contribution in [0.3, 0.4) is 0 Å². The predicted octanol–water partition coefficient (Wildman–Crippen LogP) is 3.69. The van der Waals surface area contributed by atoms with Crippen LogP contribution in [0.4, 0.5) is 4.79 Å². The molecule has 0 unspecified atom stereocenters. The van der Waals surface area contributed by atoms with Crippen molar-refractivity contribution >= 4 is 12.1 Å². The SMILES string of the molecule is CC(C)(C)OC(=O)n1ccc(Oc2ccc(CC(=O)O)cc2)c1. The molecule has 1 N–H and O–H groups in total. The third-order valence-corrected chi connectivity index (χ3v) is 2.78. The van der Waals surface area contributed by atoms with E-state index in [4.69, 9.17) is 14.6 Å². The highest BCUT2D eigenvalue weighted by atomic mass is 16.6. The molecule has 0 fully saturated rings. The molecule has 0 aliphatic carbocycles. The molecule has 0 saturated heterocycles. The van der Waals surface area contributed by atoms with Gasteiger partial charge >= 0.3 is 12.1 Å². The lowest BCUT2D eigenvalue weighted by Crippen LogP contribution is -2.26. The van der Waals surface area contributed by atoms with Crippen molar-refractivity contribution in [2.24, 2.45) is 0 Å². The van der Waals surface area contributed by atoms with Crippen molar-refractivity contribution in [3.8, 4) is 11.5 Å². The number of carbonyl (C=O) groups is 2. The monoisotopic (exact) mass is 317 g/mol. The van der Waals surface area contributed by atoms with E-state index in [0.717, 1.165) is 0 Å². The number of carboxylic acid groups (broad SMARTS) is 1. The number of aromatic nitrogens is 1. The molecule has 0 spiro atoms. The van der Waals surface area contributed by atoms with Gasteiger partial charge in [0, 0.05) is 6.20 Å². The summed E-state index contributed by atoms with van der Waals surface area (Å²) in [5.74, 6) is 0.163. The fraction of sp³-hybridized carbons (Fsp3) is 0.294. The molecule has 0 saturated carbocycles. The van der Waals surface area contributed by atoms with Gasteiger partial charge in [0.1, 0.15) is 17.1 Å². The minimum absolute atomic E-state index is 0.0324. The van der Waals surface area contributed by atoms with Gasteiger partial charge in [-0.25, -0.2) is 4.79 Å². The van der Waals surface area contributed by atoms with Crippen molar-refractivity contribution in [1.29, 1.82) is 0 Å². The number of carbonyl (C=O) groups excluding carboxylic acids is 1. The molecule has 1 heterocycles. The van der Waals surface area contributed by atoms with Gasteiger partial charge in [-0.1, -0.05) is 12.1 Å². The Bertz CT molecular complexity index is 695. The molecule has 1 aromatic heterocycles. The third kappa shape index (κ3) is 5.18. The average molecular weight is 317 g/mol. The molecule has 6 heteroatoms. The summed E-state index contributed by atoms with van der Waals surface area (Å²) >= 11 is 0. The van der Waals surface area contributed by atoms with Crippen LogP contribution >= 0.6 is 0 Å². The smallest absolute Gasteiger partial charge is 0.418 e. The first kappa shape index (κ1) is 16.6. The maximum atomic E-state index is 11.9. The van der Waals surface area contributed by atoms with Gasteiger partial charge in [0.05, 0.1) is 12.6 Å². The van der Waals surface area contributed by atoms with Crippen LogP contribution in [0.25, 0.3) is 0 Å². The standard InChI is InChI=1S/C17H19NO5/c1-17(2,3)23-16(21)18-9-8-14(11-18)22-13-6-4-12(5-7-13)10-15(19)20/h4-9,11H,10H2,1-3H3,(H,19,20). The van der Waals surface area contributed by atoms with Gasteiger partial charge < -0.3 is 14.6 Å². The molecule has 0 radical (unpaired) electrons. The number of carboxylic acids is 1. The van der Waals surface area contributed by atoms with Gasteiger partial charge in [0.25, 0.3) is 0 Å². The fourth-order valence-electron chi connectivity index (χ4n) is 1.85. The van der Waals surface area contributed by atoms with E-state index in [0.29, 0.717) is 17.1 Å². The van der Waals surface area contributed by atoms with Crippen LogP contribution in [0.1, 0.15) is 26.3 Å². The van der Waals surface area contributed by atoms with E-state index < -0.39 is 17.7 Å². The van der Waals surface area contributed by atoms with E-state index in [-0.39, 0.29) is 6.42 Å². The molecule has 2 rings (SSSR count). The van der Waals surface area contributed by atoms with Crippen LogP contribution in [0.2, 0.25) is 0 Å². The molecule has 23 heavy (non-hydrogen) atoms. The second-order valence-electron chi connectivity index (χ2n) is 6.05. The Morgan fingerprint density at radius 3 is 2.30 bits per heavy atom. The third-order valence-electron chi connectivity index (χ3n) is 2.78. The van der Waals surface area contributed by atoms with Crippen molar-refractivity contribution < 1.29 is 24.2 Å². The predicted molar refractivity (Wildman–Crippen MR) is 83.9 cm³/mol. The van der Waals surface area contributed by atoms with Gasteiger partial charge in [-0.15, -0.1) is 0 Å². The van der Waals surface area contributed by atoms with E-state index in [1.807, 2.05) is 0 Å². The Balaban J connectivity index is 2.01. The molecule has 122 valence electrons. The number of ether oxygens (including phenoxy) is 2. The van der Waals surface area contributed by atoms with E-state index in [1.165, 1.54) is 10.8 Å². The van der Waals surface area contributed by atoms with Crippen molar-refractivity contribution in [2.45, 2.75) is 32.8 Å². The average Bonchev–Trinajstić information content (AvgIpc) is 2.87. The molecule has 0 atom stereocenters. The van der Waals surface area contributed by atoms with E-state index in [1.54, 1.807) is 57.3 Å². The maximum absolute atomic E-state index is 11.9. The summed E-state index contributed by atoms with van der Waals surface area (Å²) in [6.07, 6.45) is 2.57. The second kappa shape index (κ2) is 6.56. The fourth-order valence-corrected chi connectivity index (χ4v) is 1.85. The Kier molecular flexibility index (Phi) is 4.74. The number of benzene rings is 1. The molecule has 1 aromatic carbocycles. The summed E-state index contributed by atoms with van der Waals surface area (Å²) in [6, 6.07) is 8.39. The molecule has 0 amide bonds. The number of rotatable bonds is 4.